The second kappa shape index (κ2) is 8.75. The first-order valence-electron chi connectivity index (χ1n) is 7.89. The highest BCUT2D eigenvalue weighted by atomic mass is 32.2. The summed E-state index contributed by atoms with van der Waals surface area (Å²) in [6, 6.07) is 6.44. The van der Waals surface area contributed by atoms with Crippen LogP contribution in [0.25, 0.3) is 0 Å². The van der Waals surface area contributed by atoms with Crippen LogP contribution in [0.15, 0.2) is 29.2 Å². The number of benzene rings is 1. The molecule has 136 valence electrons. The topological polar surface area (TPSA) is 90.0 Å². The smallest absolute Gasteiger partial charge is 0.339 e. The Morgan fingerprint density at radius 2 is 1.84 bits per heavy atom. The Labute approximate surface area is 148 Å². The van der Waals surface area contributed by atoms with E-state index in [1.807, 2.05) is 0 Å². The normalized spacial score (nSPS) is 16.2. The number of methoxy groups -OCH3 is 1. The lowest BCUT2D eigenvalue weighted by Crippen LogP contribution is -2.42. The van der Waals surface area contributed by atoms with Gasteiger partial charge in [-0.05, 0) is 25.0 Å². The molecule has 0 saturated carbocycles. The molecule has 0 spiro atoms. The maximum Gasteiger partial charge on any atom is 0.339 e. The summed E-state index contributed by atoms with van der Waals surface area (Å²) in [6.07, 6.45) is 2.54. The zero-order valence-corrected chi connectivity index (χ0v) is 15.0. The van der Waals surface area contributed by atoms with E-state index in [0.29, 0.717) is 30.8 Å². The first kappa shape index (κ1) is 19.1. The van der Waals surface area contributed by atoms with Gasteiger partial charge in [0.15, 0.2) is 6.61 Å². The molecule has 1 aromatic rings. The van der Waals surface area contributed by atoms with Gasteiger partial charge in [-0.2, -0.15) is 0 Å². The largest absolute Gasteiger partial charge is 0.469 e. The molecule has 2 rings (SSSR count). The molecule has 0 bridgehead atoms. The first-order chi connectivity index (χ1) is 11.9. The highest BCUT2D eigenvalue weighted by Crippen LogP contribution is 2.19. The second-order valence-electron chi connectivity index (χ2n) is 5.70. The predicted molar refractivity (Wildman–Crippen MR) is 90.4 cm³/mol. The molecule has 1 aromatic carbocycles. The maximum atomic E-state index is 12.2. The van der Waals surface area contributed by atoms with E-state index in [1.54, 1.807) is 23.1 Å². The number of nitrogens with zero attached hydrogens (tertiary/aromatic N) is 1. The van der Waals surface area contributed by atoms with Crippen molar-refractivity contribution >= 4 is 28.6 Å². The summed E-state index contributed by atoms with van der Waals surface area (Å²) < 4.78 is 21.4. The van der Waals surface area contributed by atoms with Gasteiger partial charge in [0.2, 0.25) is 0 Å². The molecule has 1 saturated heterocycles. The summed E-state index contributed by atoms with van der Waals surface area (Å²) in [5.74, 6) is -1.44. The third-order valence-corrected chi connectivity index (χ3v) is 5.10. The van der Waals surface area contributed by atoms with Crippen molar-refractivity contribution in [2.24, 2.45) is 5.92 Å². The van der Waals surface area contributed by atoms with Gasteiger partial charge in [-0.25, -0.2) is 4.79 Å². The van der Waals surface area contributed by atoms with Crippen LogP contribution in [-0.4, -0.2) is 60.0 Å². The van der Waals surface area contributed by atoms with Crippen LogP contribution in [0.1, 0.15) is 23.2 Å². The third-order valence-electron chi connectivity index (χ3n) is 4.13. The van der Waals surface area contributed by atoms with E-state index in [9.17, 15) is 18.6 Å². The van der Waals surface area contributed by atoms with Crippen molar-refractivity contribution in [2.75, 3.05) is 33.1 Å². The molecule has 0 aliphatic carbocycles. The maximum absolute atomic E-state index is 12.2. The molecule has 1 aliphatic heterocycles. The van der Waals surface area contributed by atoms with Crippen LogP contribution < -0.4 is 0 Å². The van der Waals surface area contributed by atoms with Gasteiger partial charge in [-0.1, -0.05) is 12.1 Å². The molecule has 25 heavy (non-hydrogen) atoms. The molecule has 1 aliphatic rings. The molecule has 0 N–H and O–H groups in total. The van der Waals surface area contributed by atoms with E-state index >= 15 is 0 Å². The molecular formula is C17H21NO6S. The second-order valence-corrected chi connectivity index (χ2v) is 7.05. The monoisotopic (exact) mass is 367 g/mol. The minimum atomic E-state index is -1.33. The molecule has 1 heterocycles. The van der Waals surface area contributed by atoms with Crippen LogP contribution in [0.3, 0.4) is 0 Å². The molecule has 1 atom stereocenters. The van der Waals surface area contributed by atoms with Crippen molar-refractivity contribution in [3.8, 4) is 0 Å². The summed E-state index contributed by atoms with van der Waals surface area (Å²) >= 11 is 0. The van der Waals surface area contributed by atoms with Crippen LogP contribution in [0.4, 0.5) is 0 Å². The van der Waals surface area contributed by atoms with Gasteiger partial charge in [0.05, 0.1) is 34.3 Å². The summed E-state index contributed by atoms with van der Waals surface area (Å²) in [6.45, 7) is 0.462. The number of amides is 1. The van der Waals surface area contributed by atoms with Crippen LogP contribution >= 0.6 is 0 Å². The standard InChI is InChI=1S/C17H21NO6S/c1-23-16(20)12-7-9-18(10-8-12)15(19)11-24-17(21)13-5-3-4-6-14(13)25(2)22/h3-6,12H,7-11H2,1-2H3/t25-/m1/s1. The van der Waals surface area contributed by atoms with Gasteiger partial charge in [0, 0.05) is 19.3 Å². The zero-order valence-electron chi connectivity index (χ0n) is 14.2. The SMILES string of the molecule is COC(=O)C1CCN(C(=O)COC(=O)c2ccccc2[S@@](C)=O)CC1. The summed E-state index contributed by atoms with van der Waals surface area (Å²) in [5, 5.41) is 0. The van der Waals surface area contributed by atoms with Gasteiger partial charge in [-0.3, -0.25) is 13.8 Å². The lowest BCUT2D eigenvalue weighted by molar-refractivity contribution is -0.149. The fourth-order valence-corrected chi connectivity index (χ4v) is 3.44. The molecule has 8 heteroatoms. The van der Waals surface area contributed by atoms with Crippen LogP contribution in [0.2, 0.25) is 0 Å². The Morgan fingerprint density at radius 3 is 2.44 bits per heavy atom. The minimum Gasteiger partial charge on any atom is -0.469 e. The van der Waals surface area contributed by atoms with E-state index in [0.717, 1.165) is 0 Å². The van der Waals surface area contributed by atoms with Crippen LogP contribution in [-0.2, 0) is 29.9 Å². The Balaban J connectivity index is 1.88. The first-order valence-corrected chi connectivity index (χ1v) is 9.45. The van der Waals surface area contributed by atoms with E-state index in [2.05, 4.69) is 0 Å². The zero-order chi connectivity index (χ0) is 18.4. The Hall–Kier alpha value is -2.22. The molecule has 0 unspecified atom stereocenters. The number of hydrogen-bond donors (Lipinski definition) is 0. The van der Waals surface area contributed by atoms with Crippen molar-refractivity contribution in [1.82, 2.24) is 4.90 Å². The third kappa shape index (κ3) is 4.88. The lowest BCUT2D eigenvalue weighted by atomic mass is 9.97. The van der Waals surface area contributed by atoms with Crippen molar-refractivity contribution < 1.29 is 28.1 Å². The fourth-order valence-electron chi connectivity index (χ4n) is 2.71. The number of ether oxygens (including phenoxy) is 2. The average molecular weight is 367 g/mol. The number of likely N-dealkylation sites (tertiary alicyclic amines) is 1. The minimum absolute atomic E-state index is 0.192. The summed E-state index contributed by atoms with van der Waals surface area (Å²) in [4.78, 5) is 37.7. The van der Waals surface area contributed by atoms with Crippen LogP contribution in [0.5, 0.6) is 0 Å². The lowest BCUT2D eigenvalue weighted by Gasteiger charge is -2.30. The number of esters is 2. The van der Waals surface area contributed by atoms with Gasteiger partial charge < -0.3 is 14.4 Å². The quantitative estimate of drug-likeness (QED) is 0.721. The summed E-state index contributed by atoms with van der Waals surface area (Å²) in [5.41, 5.74) is 0.195. The highest BCUT2D eigenvalue weighted by molar-refractivity contribution is 7.84. The van der Waals surface area contributed by atoms with Gasteiger partial charge in [0.25, 0.3) is 5.91 Å². The van der Waals surface area contributed by atoms with E-state index in [4.69, 9.17) is 9.47 Å². The van der Waals surface area contributed by atoms with E-state index < -0.39 is 16.8 Å². The number of carbonyl (C=O) groups is 3. The van der Waals surface area contributed by atoms with Crippen molar-refractivity contribution in [3.63, 3.8) is 0 Å². The molecule has 1 amide bonds. The number of piperidine rings is 1. The molecule has 0 aromatic heterocycles. The number of hydrogen-bond acceptors (Lipinski definition) is 6. The number of carbonyl (C=O) groups excluding carboxylic acids is 3. The predicted octanol–water partition coefficient (Wildman–Crippen LogP) is 0.992. The Kier molecular flexibility index (Phi) is 6.69. The Bertz CT molecular complexity index is 681. The molecular weight excluding hydrogens is 346 g/mol. The molecule has 1 fully saturated rings. The molecule has 0 radical (unpaired) electrons. The van der Waals surface area contributed by atoms with Crippen molar-refractivity contribution in [2.45, 2.75) is 17.7 Å². The summed E-state index contributed by atoms with van der Waals surface area (Å²) in [7, 11) is 0.0185. The van der Waals surface area contributed by atoms with Crippen molar-refractivity contribution in [3.05, 3.63) is 29.8 Å². The highest BCUT2D eigenvalue weighted by Gasteiger charge is 2.28. The fraction of sp³-hybridized carbons (Fsp3) is 0.471. The van der Waals surface area contributed by atoms with E-state index in [-0.39, 0.29) is 30.0 Å². The van der Waals surface area contributed by atoms with Crippen molar-refractivity contribution in [1.29, 1.82) is 0 Å². The van der Waals surface area contributed by atoms with Gasteiger partial charge >= 0.3 is 11.9 Å². The van der Waals surface area contributed by atoms with E-state index in [1.165, 1.54) is 19.4 Å². The molecule has 7 nitrogen and oxygen atoms in total. The number of rotatable bonds is 5. The van der Waals surface area contributed by atoms with Crippen LogP contribution in [0, 0.1) is 5.92 Å². The average Bonchev–Trinajstić information content (AvgIpc) is 2.65. The van der Waals surface area contributed by atoms with Gasteiger partial charge in [-0.15, -0.1) is 0 Å². The van der Waals surface area contributed by atoms with Gasteiger partial charge in [0.1, 0.15) is 0 Å². The Morgan fingerprint density at radius 1 is 1.20 bits per heavy atom.